The summed E-state index contributed by atoms with van der Waals surface area (Å²) < 4.78 is 10.4. The number of anilines is 1. The third-order valence-electron chi connectivity index (χ3n) is 3.70. The number of carbonyl (C=O) groups is 1. The Morgan fingerprint density at radius 3 is 2.48 bits per heavy atom. The number of rotatable bonds is 4. The molecule has 0 spiro atoms. The maximum Gasteiger partial charge on any atom is 0.329 e. The number of hydrogen-bond donors (Lipinski definition) is 1. The lowest BCUT2D eigenvalue weighted by Crippen LogP contribution is -2.30. The van der Waals surface area contributed by atoms with Crippen molar-refractivity contribution in [1.29, 1.82) is 0 Å². The highest BCUT2D eigenvalue weighted by Gasteiger charge is 2.37. The number of nitrogens with one attached hydrogen (secondary N) is 1. The highest BCUT2D eigenvalue weighted by molar-refractivity contribution is 5.83. The van der Waals surface area contributed by atoms with Crippen molar-refractivity contribution in [3.8, 4) is 5.75 Å². The average Bonchev–Trinajstić information content (AvgIpc) is 2.90. The molecule has 4 nitrogen and oxygen atoms in total. The van der Waals surface area contributed by atoms with Gasteiger partial charge in [-0.1, -0.05) is 30.3 Å². The van der Waals surface area contributed by atoms with Gasteiger partial charge in [-0.3, -0.25) is 0 Å². The van der Waals surface area contributed by atoms with E-state index in [9.17, 15) is 4.79 Å². The summed E-state index contributed by atoms with van der Waals surface area (Å²) in [5.74, 6) is 0.606. The van der Waals surface area contributed by atoms with E-state index in [1.54, 1.807) is 7.11 Å². The van der Waals surface area contributed by atoms with Crippen molar-refractivity contribution in [3.63, 3.8) is 0 Å². The first-order chi connectivity index (χ1) is 10.3. The van der Waals surface area contributed by atoms with E-state index < -0.39 is 0 Å². The van der Waals surface area contributed by atoms with Gasteiger partial charge in [0.1, 0.15) is 18.4 Å². The van der Waals surface area contributed by atoms with Gasteiger partial charge < -0.3 is 14.8 Å². The Balaban J connectivity index is 1.79. The van der Waals surface area contributed by atoms with Gasteiger partial charge in [0.2, 0.25) is 0 Å². The van der Waals surface area contributed by atoms with Crippen LogP contribution in [0.4, 0.5) is 5.69 Å². The number of esters is 1. The fourth-order valence-electron chi connectivity index (χ4n) is 2.54. The quantitative estimate of drug-likeness (QED) is 0.877. The predicted molar refractivity (Wildman–Crippen MR) is 80.5 cm³/mol. The van der Waals surface area contributed by atoms with Gasteiger partial charge in [0.25, 0.3) is 0 Å². The molecule has 2 atom stereocenters. The number of hydrogen-bond acceptors (Lipinski definition) is 4. The molecule has 0 unspecified atom stereocenters. The molecule has 1 saturated heterocycles. The topological polar surface area (TPSA) is 47.6 Å². The van der Waals surface area contributed by atoms with Crippen molar-refractivity contribution in [1.82, 2.24) is 0 Å². The van der Waals surface area contributed by atoms with Crippen LogP contribution < -0.4 is 10.1 Å². The van der Waals surface area contributed by atoms with Crippen molar-refractivity contribution >= 4 is 11.7 Å². The lowest BCUT2D eigenvalue weighted by atomic mass is 9.94. The summed E-state index contributed by atoms with van der Waals surface area (Å²) in [6.45, 7) is 0.413. The minimum Gasteiger partial charge on any atom is -0.497 e. The molecule has 1 N–H and O–H groups in total. The Labute approximate surface area is 123 Å². The maximum absolute atomic E-state index is 12.0. The van der Waals surface area contributed by atoms with Crippen LogP contribution in [0.5, 0.6) is 5.75 Å². The molecule has 108 valence electrons. The van der Waals surface area contributed by atoms with Gasteiger partial charge in [0.05, 0.1) is 7.11 Å². The minimum atomic E-state index is -0.360. The van der Waals surface area contributed by atoms with Gasteiger partial charge >= 0.3 is 5.97 Å². The summed E-state index contributed by atoms with van der Waals surface area (Å²) in [5.41, 5.74) is 1.98. The van der Waals surface area contributed by atoms with Crippen LogP contribution in [0.25, 0.3) is 0 Å². The van der Waals surface area contributed by atoms with E-state index in [-0.39, 0.29) is 17.9 Å². The SMILES string of the molecule is COc1ccc(N[C@@H]2C(=O)OC[C@H]2c2ccccc2)cc1. The summed E-state index contributed by atoms with van der Waals surface area (Å²) in [6.07, 6.45) is 0. The number of methoxy groups -OCH3 is 1. The predicted octanol–water partition coefficient (Wildman–Crippen LogP) is 2.82. The zero-order chi connectivity index (χ0) is 14.7. The van der Waals surface area contributed by atoms with Crippen molar-refractivity contribution in [3.05, 3.63) is 60.2 Å². The normalized spacial score (nSPS) is 20.9. The molecule has 0 saturated carbocycles. The molecule has 0 bridgehead atoms. The van der Waals surface area contributed by atoms with Gasteiger partial charge in [0, 0.05) is 11.6 Å². The number of cyclic esters (lactones) is 1. The standard InChI is InChI=1S/C17H17NO3/c1-20-14-9-7-13(8-10-14)18-16-15(11-21-17(16)19)12-5-3-2-4-6-12/h2-10,15-16,18H,11H2,1H3/t15-,16-/m0/s1. The Kier molecular flexibility index (Phi) is 3.77. The second kappa shape index (κ2) is 5.87. The van der Waals surface area contributed by atoms with Gasteiger partial charge in [-0.15, -0.1) is 0 Å². The summed E-state index contributed by atoms with van der Waals surface area (Å²) >= 11 is 0. The third kappa shape index (κ3) is 2.84. The third-order valence-corrected chi connectivity index (χ3v) is 3.70. The first-order valence-electron chi connectivity index (χ1n) is 6.90. The molecule has 0 aromatic heterocycles. The van der Waals surface area contributed by atoms with E-state index >= 15 is 0 Å². The van der Waals surface area contributed by atoms with Crippen LogP contribution in [0.1, 0.15) is 11.5 Å². The number of ether oxygens (including phenoxy) is 2. The summed E-state index contributed by atoms with van der Waals surface area (Å²) in [7, 11) is 1.63. The molecule has 0 aliphatic carbocycles. The van der Waals surface area contributed by atoms with Gasteiger partial charge in [-0.05, 0) is 29.8 Å². The van der Waals surface area contributed by atoms with Gasteiger partial charge in [-0.2, -0.15) is 0 Å². The fraction of sp³-hybridized carbons (Fsp3) is 0.235. The van der Waals surface area contributed by atoms with Gasteiger partial charge in [-0.25, -0.2) is 4.79 Å². The Bertz CT molecular complexity index is 610. The summed E-state index contributed by atoms with van der Waals surface area (Å²) in [5, 5.41) is 3.26. The van der Waals surface area contributed by atoms with Gasteiger partial charge in [0.15, 0.2) is 0 Å². The van der Waals surface area contributed by atoms with E-state index in [4.69, 9.17) is 9.47 Å². The Morgan fingerprint density at radius 1 is 1.10 bits per heavy atom. The van der Waals surface area contributed by atoms with Crippen LogP contribution in [-0.2, 0) is 9.53 Å². The zero-order valence-electron chi connectivity index (χ0n) is 11.8. The van der Waals surface area contributed by atoms with E-state index in [1.807, 2.05) is 54.6 Å². The van der Waals surface area contributed by atoms with Crippen molar-refractivity contribution < 1.29 is 14.3 Å². The molecule has 1 aliphatic heterocycles. The molecule has 2 aromatic carbocycles. The Morgan fingerprint density at radius 2 is 1.81 bits per heavy atom. The molecule has 2 aromatic rings. The molecule has 4 heteroatoms. The molecule has 1 fully saturated rings. The van der Waals surface area contributed by atoms with Crippen LogP contribution in [0, 0.1) is 0 Å². The molecular formula is C17H17NO3. The minimum absolute atomic E-state index is 0.0285. The van der Waals surface area contributed by atoms with E-state index in [1.165, 1.54) is 0 Å². The lowest BCUT2D eigenvalue weighted by Gasteiger charge is -2.18. The van der Waals surface area contributed by atoms with Crippen molar-refractivity contribution in [2.45, 2.75) is 12.0 Å². The smallest absolute Gasteiger partial charge is 0.329 e. The van der Waals surface area contributed by atoms with E-state index in [2.05, 4.69) is 5.32 Å². The fourth-order valence-corrected chi connectivity index (χ4v) is 2.54. The average molecular weight is 283 g/mol. The van der Waals surface area contributed by atoms with Crippen LogP contribution in [0.15, 0.2) is 54.6 Å². The summed E-state index contributed by atoms with van der Waals surface area (Å²) in [6, 6.07) is 17.1. The van der Waals surface area contributed by atoms with Crippen LogP contribution in [-0.4, -0.2) is 25.7 Å². The summed E-state index contributed by atoms with van der Waals surface area (Å²) in [4.78, 5) is 12.0. The molecular weight excluding hydrogens is 266 g/mol. The second-order valence-corrected chi connectivity index (χ2v) is 5.00. The van der Waals surface area contributed by atoms with E-state index in [0.717, 1.165) is 17.0 Å². The van der Waals surface area contributed by atoms with Crippen molar-refractivity contribution in [2.24, 2.45) is 0 Å². The Hall–Kier alpha value is -2.49. The van der Waals surface area contributed by atoms with Crippen LogP contribution in [0.2, 0.25) is 0 Å². The van der Waals surface area contributed by atoms with E-state index in [0.29, 0.717) is 6.61 Å². The second-order valence-electron chi connectivity index (χ2n) is 5.00. The first-order valence-corrected chi connectivity index (χ1v) is 6.90. The lowest BCUT2D eigenvalue weighted by molar-refractivity contribution is -0.138. The van der Waals surface area contributed by atoms with Crippen LogP contribution >= 0.6 is 0 Å². The number of carbonyl (C=O) groups excluding carboxylic acids is 1. The molecule has 21 heavy (non-hydrogen) atoms. The highest BCUT2D eigenvalue weighted by atomic mass is 16.5. The van der Waals surface area contributed by atoms with Crippen molar-refractivity contribution in [2.75, 3.05) is 19.0 Å². The molecule has 1 heterocycles. The first kappa shape index (κ1) is 13.5. The maximum atomic E-state index is 12.0. The molecule has 3 rings (SSSR count). The monoisotopic (exact) mass is 283 g/mol. The largest absolute Gasteiger partial charge is 0.497 e. The highest BCUT2D eigenvalue weighted by Crippen LogP contribution is 2.29. The molecule has 0 radical (unpaired) electrons. The van der Waals surface area contributed by atoms with Crippen LogP contribution in [0.3, 0.4) is 0 Å². The zero-order valence-corrected chi connectivity index (χ0v) is 11.8. The molecule has 0 amide bonds. The molecule has 1 aliphatic rings. The number of benzene rings is 2.